The van der Waals surface area contributed by atoms with Gasteiger partial charge in [-0.1, -0.05) is 11.6 Å². The highest BCUT2D eigenvalue weighted by molar-refractivity contribution is 6.33. The van der Waals surface area contributed by atoms with E-state index in [0.717, 1.165) is 30.1 Å². The van der Waals surface area contributed by atoms with E-state index in [1.165, 1.54) is 12.8 Å². The molecule has 21 heavy (non-hydrogen) atoms. The van der Waals surface area contributed by atoms with Crippen LogP contribution in [0.1, 0.15) is 25.3 Å². The second-order valence-corrected chi connectivity index (χ2v) is 5.77. The van der Waals surface area contributed by atoms with Crippen LogP contribution < -0.4 is 9.47 Å². The molecule has 4 nitrogen and oxygen atoms in total. The molecule has 0 aromatic heterocycles. The fourth-order valence-corrected chi connectivity index (χ4v) is 3.02. The summed E-state index contributed by atoms with van der Waals surface area (Å²) in [5.74, 6) is 1.36. The molecule has 1 saturated heterocycles. The molecule has 116 valence electrons. The van der Waals surface area contributed by atoms with Gasteiger partial charge in [-0.05, 0) is 45.5 Å². The van der Waals surface area contributed by atoms with Crippen LogP contribution in [0, 0.1) is 0 Å². The summed E-state index contributed by atoms with van der Waals surface area (Å²) in [7, 11) is 5.41. The number of halogens is 1. The van der Waals surface area contributed by atoms with E-state index >= 15 is 0 Å². The second-order valence-electron chi connectivity index (χ2n) is 5.36. The summed E-state index contributed by atoms with van der Waals surface area (Å²) in [5, 5.41) is 0.570. The number of nitrogens with zero attached hydrogens (tertiary/aromatic N) is 2. The van der Waals surface area contributed by atoms with Crippen LogP contribution in [-0.2, 0) is 0 Å². The summed E-state index contributed by atoms with van der Waals surface area (Å²) in [6.07, 6.45) is 2.45. The lowest BCUT2D eigenvalue weighted by Crippen LogP contribution is -2.27. The van der Waals surface area contributed by atoms with Crippen LogP contribution in [0.5, 0.6) is 11.5 Å². The molecule has 0 N–H and O–H groups in total. The molecule has 0 saturated carbocycles. The Morgan fingerprint density at radius 1 is 1.38 bits per heavy atom. The minimum absolute atomic E-state index is 0.524. The number of hydrogen-bond donors (Lipinski definition) is 0. The first-order valence-corrected chi connectivity index (χ1v) is 7.58. The van der Waals surface area contributed by atoms with Crippen LogP contribution in [0.2, 0.25) is 5.02 Å². The van der Waals surface area contributed by atoms with Crippen molar-refractivity contribution in [1.29, 1.82) is 0 Å². The van der Waals surface area contributed by atoms with Crippen molar-refractivity contribution < 1.29 is 9.47 Å². The van der Waals surface area contributed by atoms with Gasteiger partial charge in [0, 0.05) is 11.8 Å². The molecule has 1 aliphatic rings. The third-order valence-corrected chi connectivity index (χ3v) is 4.37. The van der Waals surface area contributed by atoms with Gasteiger partial charge < -0.3 is 14.4 Å². The Bertz CT molecular complexity index is 531. The average molecular weight is 311 g/mol. The zero-order valence-electron chi connectivity index (χ0n) is 13.1. The van der Waals surface area contributed by atoms with E-state index < -0.39 is 0 Å². The maximum Gasteiger partial charge on any atom is 0.150 e. The molecular formula is C16H23ClN2O2. The van der Waals surface area contributed by atoms with E-state index in [-0.39, 0.29) is 0 Å². The molecule has 0 radical (unpaired) electrons. The number of methoxy groups -OCH3 is 2. The van der Waals surface area contributed by atoms with Crippen molar-refractivity contribution in [2.75, 3.05) is 34.4 Å². The zero-order valence-corrected chi connectivity index (χ0v) is 13.9. The Hall–Kier alpha value is -1.26. The molecule has 1 unspecified atom stereocenters. The molecule has 0 amide bonds. The Morgan fingerprint density at radius 2 is 2.14 bits per heavy atom. The Morgan fingerprint density at radius 3 is 2.71 bits per heavy atom. The highest BCUT2D eigenvalue weighted by atomic mass is 35.5. The van der Waals surface area contributed by atoms with Crippen molar-refractivity contribution in [3.8, 4) is 11.5 Å². The van der Waals surface area contributed by atoms with Gasteiger partial charge in [-0.25, -0.2) is 0 Å². The summed E-state index contributed by atoms with van der Waals surface area (Å²) < 4.78 is 10.9. The first-order chi connectivity index (χ1) is 10.1. The highest BCUT2D eigenvalue weighted by Gasteiger charge is 2.21. The lowest BCUT2D eigenvalue weighted by molar-refractivity contribution is 0.317. The van der Waals surface area contributed by atoms with Crippen molar-refractivity contribution in [2.45, 2.75) is 25.8 Å². The molecular weight excluding hydrogens is 288 g/mol. The van der Waals surface area contributed by atoms with Gasteiger partial charge >= 0.3 is 0 Å². The maximum atomic E-state index is 6.21. The summed E-state index contributed by atoms with van der Waals surface area (Å²) in [4.78, 5) is 7.11. The SMILES string of the molecule is COc1ccc(Cl)c(OC)c1C(C)=NCC1CCCN1C. The largest absolute Gasteiger partial charge is 0.496 e. The number of likely N-dealkylation sites (N-methyl/N-ethyl adjacent to an activating group) is 1. The molecule has 1 heterocycles. The number of ether oxygens (including phenoxy) is 2. The number of hydrogen-bond acceptors (Lipinski definition) is 4. The van der Waals surface area contributed by atoms with Gasteiger partial charge in [0.05, 0.1) is 31.4 Å². The molecule has 1 aliphatic heterocycles. The fourth-order valence-electron chi connectivity index (χ4n) is 2.78. The van der Waals surface area contributed by atoms with Crippen LogP contribution in [-0.4, -0.2) is 51.0 Å². The molecule has 0 bridgehead atoms. The Labute approximate surface area is 131 Å². The summed E-state index contributed by atoms with van der Waals surface area (Å²) in [5.41, 5.74) is 1.74. The third kappa shape index (κ3) is 3.50. The van der Waals surface area contributed by atoms with Gasteiger partial charge in [-0.15, -0.1) is 0 Å². The summed E-state index contributed by atoms with van der Waals surface area (Å²) in [6.45, 7) is 3.93. The number of likely N-dealkylation sites (tertiary alicyclic amines) is 1. The predicted molar refractivity (Wildman–Crippen MR) is 87.3 cm³/mol. The van der Waals surface area contributed by atoms with Crippen LogP contribution in [0.3, 0.4) is 0 Å². The zero-order chi connectivity index (χ0) is 15.4. The topological polar surface area (TPSA) is 34.1 Å². The van der Waals surface area contributed by atoms with Crippen LogP contribution in [0.25, 0.3) is 0 Å². The molecule has 0 aliphatic carbocycles. The van der Waals surface area contributed by atoms with Crippen molar-refractivity contribution in [1.82, 2.24) is 4.90 Å². The Kier molecular flexibility index (Phi) is 5.48. The van der Waals surface area contributed by atoms with Gasteiger partial charge in [-0.2, -0.15) is 0 Å². The fraction of sp³-hybridized carbons (Fsp3) is 0.562. The van der Waals surface area contributed by atoms with Crippen LogP contribution in [0.4, 0.5) is 0 Å². The molecule has 0 spiro atoms. The van der Waals surface area contributed by atoms with E-state index in [4.69, 9.17) is 26.1 Å². The van der Waals surface area contributed by atoms with Gasteiger partial charge in [-0.3, -0.25) is 4.99 Å². The molecule has 1 atom stereocenters. The second kappa shape index (κ2) is 7.14. The van der Waals surface area contributed by atoms with E-state index in [2.05, 4.69) is 11.9 Å². The highest BCUT2D eigenvalue weighted by Crippen LogP contribution is 2.35. The van der Waals surface area contributed by atoms with Crippen molar-refractivity contribution in [3.63, 3.8) is 0 Å². The van der Waals surface area contributed by atoms with Gasteiger partial charge in [0.25, 0.3) is 0 Å². The van der Waals surface area contributed by atoms with E-state index in [9.17, 15) is 0 Å². The average Bonchev–Trinajstić information content (AvgIpc) is 2.89. The normalized spacial score (nSPS) is 19.9. The maximum absolute atomic E-state index is 6.21. The summed E-state index contributed by atoms with van der Waals surface area (Å²) in [6, 6.07) is 4.15. The molecule has 1 aromatic rings. The van der Waals surface area contributed by atoms with E-state index in [1.807, 2.05) is 13.0 Å². The number of rotatable bonds is 5. The molecule has 1 fully saturated rings. The summed E-state index contributed by atoms with van der Waals surface area (Å²) >= 11 is 6.21. The monoisotopic (exact) mass is 310 g/mol. The number of benzene rings is 1. The van der Waals surface area contributed by atoms with Crippen LogP contribution in [0.15, 0.2) is 17.1 Å². The van der Waals surface area contributed by atoms with Crippen molar-refractivity contribution >= 4 is 17.3 Å². The molecule has 5 heteroatoms. The van der Waals surface area contributed by atoms with E-state index in [1.54, 1.807) is 20.3 Å². The van der Waals surface area contributed by atoms with Gasteiger partial charge in [0.2, 0.25) is 0 Å². The lowest BCUT2D eigenvalue weighted by Gasteiger charge is -2.18. The minimum Gasteiger partial charge on any atom is -0.496 e. The van der Waals surface area contributed by atoms with Crippen molar-refractivity contribution in [3.05, 3.63) is 22.7 Å². The first-order valence-electron chi connectivity index (χ1n) is 7.20. The first kappa shape index (κ1) is 16.1. The molecule has 1 aromatic carbocycles. The van der Waals surface area contributed by atoms with Crippen LogP contribution >= 0.6 is 11.6 Å². The quantitative estimate of drug-likeness (QED) is 0.783. The number of aliphatic imine (C=N–C) groups is 1. The standard InChI is InChI=1S/C16H23ClN2O2/c1-11(18-10-12-6-5-9-19(12)2)15-14(20-3)8-7-13(17)16(15)21-4/h7-8,12H,5-6,9-10H2,1-4H3. The predicted octanol–water partition coefficient (Wildman–Crippen LogP) is 3.26. The third-order valence-electron chi connectivity index (χ3n) is 4.07. The minimum atomic E-state index is 0.524. The smallest absolute Gasteiger partial charge is 0.150 e. The Balaban J connectivity index is 2.28. The van der Waals surface area contributed by atoms with Gasteiger partial charge in [0.15, 0.2) is 0 Å². The van der Waals surface area contributed by atoms with Crippen molar-refractivity contribution in [2.24, 2.45) is 4.99 Å². The molecule has 2 rings (SSSR count). The van der Waals surface area contributed by atoms with Gasteiger partial charge in [0.1, 0.15) is 11.5 Å². The van der Waals surface area contributed by atoms with E-state index in [0.29, 0.717) is 16.8 Å². The lowest BCUT2D eigenvalue weighted by atomic mass is 10.1.